The van der Waals surface area contributed by atoms with Crippen LogP contribution < -0.4 is 0 Å². The van der Waals surface area contributed by atoms with Crippen LogP contribution in [0.25, 0.3) is 0 Å². The second-order valence-corrected chi connectivity index (χ2v) is 6.35. The third kappa shape index (κ3) is 2.62. The lowest BCUT2D eigenvalue weighted by Crippen LogP contribution is -2.34. The predicted molar refractivity (Wildman–Crippen MR) is 67.1 cm³/mol. The summed E-state index contributed by atoms with van der Waals surface area (Å²) >= 11 is 6.10. The molecule has 0 bridgehead atoms. The van der Waals surface area contributed by atoms with Gasteiger partial charge in [0.25, 0.3) is 0 Å². The van der Waals surface area contributed by atoms with Crippen LogP contribution in [0.15, 0.2) is 18.2 Å². The van der Waals surface area contributed by atoms with Gasteiger partial charge >= 0.3 is 0 Å². The van der Waals surface area contributed by atoms with Crippen LogP contribution >= 0.6 is 11.6 Å². The summed E-state index contributed by atoms with van der Waals surface area (Å²) in [5, 5.41) is 0.610. The Bertz CT molecular complexity index is 424. The molecule has 0 spiro atoms. The van der Waals surface area contributed by atoms with Crippen LogP contribution in [0.1, 0.15) is 50.7 Å². The zero-order chi connectivity index (χ0) is 12.8. The van der Waals surface area contributed by atoms with Crippen LogP contribution in [-0.4, -0.2) is 5.92 Å². The molecule has 0 heterocycles. The molecule has 1 aliphatic rings. The van der Waals surface area contributed by atoms with Crippen molar-refractivity contribution in [3.05, 3.63) is 34.3 Å². The average Bonchev–Trinajstić information content (AvgIpc) is 2.13. The van der Waals surface area contributed by atoms with E-state index in [2.05, 4.69) is 20.8 Å². The molecule has 1 saturated carbocycles. The molecule has 0 saturated heterocycles. The molecule has 0 aliphatic heterocycles. The number of hydrogen-bond acceptors (Lipinski definition) is 0. The Kier molecular flexibility index (Phi) is 2.97. The highest BCUT2D eigenvalue weighted by Gasteiger charge is 2.46. The zero-order valence-electron chi connectivity index (χ0n) is 10.4. The third-order valence-corrected chi connectivity index (χ3v) is 3.74. The van der Waals surface area contributed by atoms with Gasteiger partial charge in [-0.25, -0.2) is 8.78 Å². The highest BCUT2D eigenvalue weighted by Crippen LogP contribution is 2.50. The van der Waals surface area contributed by atoms with Crippen LogP contribution in [0, 0.1) is 0 Å². The van der Waals surface area contributed by atoms with Gasteiger partial charge in [-0.3, -0.25) is 0 Å². The van der Waals surface area contributed by atoms with E-state index >= 15 is 0 Å². The van der Waals surface area contributed by atoms with Gasteiger partial charge in [0.2, 0.25) is 5.92 Å². The fourth-order valence-electron chi connectivity index (χ4n) is 2.20. The molecule has 17 heavy (non-hydrogen) atoms. The van der Waals surface area contributed by atoms with Crippen molar-refractivity contribution in [2.24, 2.45) is 0 Å². The van der Waals surface area contributed by atoms with E-state index in [-0.39, 0.29) is 24.2 Å². The number of halogens is 3. The molecule has 0 N–H and O–H groups in total. The fraction of sp³-hybridized carbons (Fsp3) is 0.571. The summed E-state index contributed by atoms with van der Waals surface area (Å²) in [4.78, 5) is 0. The van der Waals surface area contributed by atoms with Gasteiger partial charge in [0.1, 0.15) is 0 Å². The van der Waals surface area contributed by atoms with Gasteiger partial charge in [0.15, 0.2) is 0 Å². The van der Waals surface area contributed by atoms with Crippen molar-refractivity contribution in [2.75, 3.05) is 0 Å². The van der Waals surface area contributed by atoms with Gasteiger partial charge in [0, 0.05) is 17.9 Å². The lowest BCUT2D eigenvalue weighted by atomic mass is 9.75. The molecule has 1 aliphatic carbocycles. The van der Waals surface area contributed by atoms with Crippen LogP contribution in [-0.2, 0) is 5.41 Å². The molecule has 0 unspecified atom stereocenters. The van der Waals surface area contributed by atoms with Crippen molar-refractivity contribution < 1.29 is 8.78 Å². The van der Waals surface area contributed by atoms with Gasteiger partial charge < -0.3 is 0 Å². The highest BCUT2D eigenvalue weighted by molar-refractivity contribution is 6.31. The quantitative estimate of drug-likeness (QED) is 0.653. The molecule has 0 radical (unpaired) electrons. The molecule has 94 valence electrons. The number of alkyl halides is 2. The topological polar surface area (TPSA) is 0 Å². The maximum absolute atomic E-state index is 12.9. The molecule has 0 nitrogen and oxygen atoms in total. The zero-order valence-corrected chi connectivity index (χ0v) is 11.1. The van der Waals surface area contributed by atoms with Gasteiger partial charge in [-0.05, 0) is 28.5 Å². The highest BCUT2D eigenvalue weighted by atomic mass is 35.5. The van der Waals surface area contributed by atoms with Crippen LogP contribution in [0.4, 0.5) is 8.78 Å². The van der Waals surface area contributed by atoms with Crippen LogP contribution in [0.5, 0.6) is 0 Å². The monoisotopic (exact) mass is 258 g/mol. The molecule has 1 aromatic rings. The molecule has 3 heteroatoms. The minimum atomic E-state index is -2.49. The summed E-state index contributed by atoms with van der Waals surface area (Å²) in [6.45, 7) is 6.32. The van der Waals surface area contributed by atoms with Crippen molar-refractivity contribution in [3.63, 3.8) is 0 Å². The number of hydrogen-bond donors (Lipinski definition) is 0. The van der Waals surface area contributed by atoms with Crippen molar-refractivity contribution in [2.45, 2.75) is 50.9 Å². The molecule has 1 fully saturated rings. The van der Waals surface area contributed by atoms with Gasteiger partial charge in [-0.2, -0.15) is 0 Å². The SMILES string of the molecule is CC(C)(C)c1ccc(Cl)c(C2CC(F)(F)C2)c1. The van der Waals surface area contributed by atoms with E-state index in [0.29, 0.717) is 5.02 Å². The first-order valence-electron chi connectivity index (χ1n) is 5.87. The molecule has 0 atom stereocenters. The Morgan fingerprint density at radius 3 is 2.29 bits per heavy atom. The minimum Gasteiger partial charge on any atom is -0.207 e. The molecule has 2 rings (SSSR count). The largest absolute Gasteiger partial charge is 0.249 e. The maximum Gasteiger partial charge on any atom is 0.249 e. The normalized spacial score (nSPS) is 20.1. The fourth-order valence-corrected chi connectivity index (χ4v) is 2.48. The van der Waals surface area contributed by atoms with Crippen molar-refractivity contribution in [1.82, 2.24) is 0 Å². The van der Waals surface area contributed by atoms with E-state index in [9.17, 15) is 8.78 Å². The van der Waals surface area contributed by atoms with E-state index < -0.39 is 5.92 Å². The molecular weight excluding hydrogens is 242 g/mol. The number of benzene rings is 1. The van der Waals surface area contributed by atoms with Gasteiger partial charge in [-0.15, -0.1) is 0 Å². The summed E-state index contributed by atoms with van der Waals surface area (Å²) in [5.74, 6) is -2.58. The van der Waals surface area contributed by atoms with Crippen molar-refractivity contribution >= 4 is 11.6 Å². The van der Waals surface area contributed by atoms with Gasteiger partial charge in [0.05, 0.1) is 0 Å². The average molecular weight is 259 g/mol. The Morgan fingerprint density at radius 1 is 1.24 bits per heavy atom. The molecule has 0 amide bonds. The predicted octanol–water partition coefficient (Wildman–Crippen LogP) is 5.15. The van der Waals surface area contributed by atoms with Crippen LogP contribution in [0.2, 0.25) is 5.02 Å². The lowest BCUT2D eigenvalue weighted by molar-refractivity contribution is -0.0867. The maximum atomic E-state index is 12.9. The Balaban J connectivity index is 2.29. The van der Waals surface area contributed by atoms with Crippen molar-refractivity contribution in [1.29, 1.82) is 0 Å². The van der Waals surface area contributed by atoms with E-state index in [1.807, 2.05) is 18.2 Å². The smallest absolute Gasteiger partial charge is 0.207 e. The first-order valence-corrected chi connectivity index (χ1v) is 6.25. The standard InChI is InChI=1S/C14H17ClF2/c1-13(2,3)10-4-5-12(15)11(6-10)9-7-14(16,17)8-9/h4-6,9H,7-8H2,1-3H3. The van der Waals surface area contributed by atoms with E-state index in [0.717, 1.165) is 11.1 Å². The van der Waals surface area contributed by atoms with Crippen molar-refractivity contribution in [3.8, 4) is 0 Å². The summed E-state index contributed by atoms with van der Waals surface area (Å²) < 4.78 is 25.8. The Morgan fingerprint density at radius 2 is 1.82 bits per heavy atom. The molecule has 1 aromatic carbocycles. The van der Waals surface area contributed by atoms with E-state index in [1.165, 1.54) is 0 Å². The second kappa shape index (κ2) is 3.94. The first kappa shape index (κ1) is 12.8. The first-order chi connectivity index (χ1) is 7.69. The van der Waals surface area contributed by atoms with Crippen LogP contribution in [0.3, 0.4) is 0 Å². The lowest BCUT2D eigenvalue weighted by Gasteiger charge is -2.36. The Labute approximate surface area is 106 Å². The number of rotatable bonds is 1. The third-order valence-electron chi connectivity index (χ3n) is 3.39. The summed E-state index contributed by atoms with van der Waals surface area (Å²) in [6, 6.07) is 5.79. The van der Waals surface area contributed by atoms with Gasteiger partial charge in [-0.1, -0.05) is 44.5 Å². The minimum absolute atomic E-state index is 0.0194. The summed E-state index contributed by atoms with van der Waals surface area (Å²) in [6.07, 6.45) is -0.138. The second-order valence-electron chi connectivity index (χ2n) is 5.95. The van der Waals surface area contributed by atoms with E-state index in [1.54, 1.807) is 0 Å². The Hall–Kier alpha value is -0.630. The molecule has 0 aromatic heterocycles. The van der Waals surface area contributed by atoms with E-state index in [4.69, 9.17) is 11.6 Å². The summed E-state index contributed by atoms with van der Waals surface area (Å²) in [5.41, 5.74) is 2.04. The summed E-state index contributed by atoms with van der Waals surface area (Å²) in [7, 11) is 0. The molecular formula is C14H17ClF2.